The van der Waals surface area contributed by atoms with Gasteiger partial charge in [0.15, 0.2) is 0 Å². The smallest absolute Gasteiger partial charge is 0.128 e. The predicted molar refractivity (Wildman–Crippen MR) is 60.7 cm³/mol. The lowest BCUT2D eigenvalue weighted by molar-refractivity contribution is 0.331. The highest BCUT2D eigenvalue weighted by atomic mass is 16.5. The fourth-order valence-corrected chi connectivity index (χ4v) is 1.42. The Morgan fingerprint density at radius 2 is 2.20 bits per heavy atom. The van der Waals surface area contributed by atoms with Gasteiger partial charge in [0, 0.05) is 18.0 Å². The van der Waals surface area contributed by atoms with Gasteiger partial charge in [-0.1, -0.05) is 6.07 Å². The summed E-state index contributed by atoms with van der Waals surface area (Å²) in [6, 6.07) is 9.72. The van der Waals surface area contributed by atoms with E-state index in [1.54, 1.807) is 6.20 Å². The molecule has 0 aliphatic rings. The Hall–Kier alpha value is -2.01. The Labute approximate surface area is 88.9 Å². The van der Waals surface area contributed by atoms with Crippen molar-refractivity contribution in [2.24, 2.45) is 0 Å². The zero-order chi connectivity index (χ0) is 10.5. The van der Waals surface area contributed by atoms with E-state index in [2.05, 4.69) is 10.9 Å². The average molecular weight is 197 g/mol. The van der Waals surface area contributed by atoms with Gasteiger partial charge >= 0.3 is 0 Å². The molecule has 1 aromatic heterocycles. The van der Waals surface area contributed by atoms with Crippen molar-refractivity contribution < 1.29 is 4.74 Å². The summed E-state index contributed by atoms with van der Waals surface area (Å²) in [5.74, 6) is 3.39. The van der Waals surface area contributed by atoms with E-state index in [1.807, 2.05) is 30.3 Å². The van der Waals surface area contributed by atoms with E-state index in [4.69, 9.17) is 11.2 Å². The lowest BCUT2D eigenvalue weighted by Gasteiger charge is -2.06. The lowest BCUT2D eigenvalue weighted by atomic mass is 10.2. The molecule has 1 heterocycles. The van der Waals surface area contributed by atoms with E-state index in [9.17, 15) is 0 Å². The van der Waals surface area contributed by atoms with Gasteiger partial charge in [-0.05, 0) is 24.3 Å². The molecule has 0 aliphatic heterocycles. The maximum Gasteiger partial charge on any atom is 0.128 e. The maximum atomic E-state index is 5.58. The molecular weight excluding hydrogens is 186 g/mol. The van der Waals surface area contributed by atoms with Crippen molar-refractivity contribution in [2.45, 2.75) is 6.42 Å². The summed E-state index contributed by atoms with van der Waals surface area (Å²) in [5.41, 5.74) is 0.940. The van der Waals surface area contributed by atoms with Gasteiger partial charge in [-0.2, -0.15) is 0 Å². The number of hydrogen-bond acceptors (Lipinski definition) is 2. The van der Waals surface area contributed by atoms with Gasteiger partial charge in [-0.3, -0.25) is 4.98 Å². The zero-order valence-corrected chi connectivity index (χ0v) is 8.31. The van der Waals surface area contributed by atoms with Gasteiger partial charge in [-0.25, -0.2) is 0 Å². The van der Waals surface area contributed by atoms with E-state index in [0.717, 1.165) is 16.7 Å². The Bertz CT molecular complexity index is 494. The molecule has 0 spiro atoms. The first-order valence-electron chi connectivity index (χ1n) is 4.82. The van der Waals surface area contributed by atoms with Crippen molar-refractivity contribution in [2.75, 3.05) is 6.61 Å². The molecule has 0 saturated heterocycles. The van der Waals surface area contributed by atoms with Gasteiger partial charge < -0.3 is 4.74 Å². The molecule has 1 aromatic carbocycles. The normalized spacial score (nSPS) is 9.80. The summed E-state index contributed by atoms with van der Waals surface area (Å²) in [6.07, 6.45) is 7.56. The number of rotatable bonds is 3. The molecule has 0 amide bonds. The lowest BCUT2D eigenvalue weighted by Crippen LogP contribution is -1.96. The Morgan fingerprint density at radius 3 is 3.07 bits per heavy atom. The third kappa shape index (κ3) is 2.08. The molecule has 74 valence electrons. The number of hydrogen-bond donors (Lipinski definition) is 0. The predicted octanol–water partition coefficient (Wildman–Crippen LogP) is 2.64. The second kappa shape index (κ2) is 4.47. The molecule has 0 N–H and O–H groups in total. The molecule has 2 heteroatoms. The zero-order valence-electron chi connectivity index (χ0n) is 8.31. The van der Waals surface area contributed by atoms with E-state index in [1.165, 1.54) is 0 Å². The highest BCUT2D eigenvalue weighted by molar-refractivity contribution is 5.84. The van der Waals surface area contributed by atoms with Crippen LogP contribution in [-0.4, -0.2) is 11.6 Å². The monoisotopic (exact) mass is 197 g/mol. The van der Waals surface area contributed by atoms with Crippen LogP contribution >= 0.6 is 0 Å². The van der Waals surface area contributed by atoms with E-state index >= 15 is 0 Å². The molecule has 0 bridgehead atoms. The highest BCUT2D eigenvalue weighted by Gasteiger charge is 2.00. The van der Waals surface area contributed by atoms with Crippen LogP contribution in [0.3, 0.4) is 0 Å². The number of fused-ring (bicyclic) bond motifs is 1. The van der Waals surface area contributed by atoms with Crippen molar-refractivity contribution in [3.8, 4) is 18.1 Å². The number of nitrogens with zero attached hydrogens (tertiary/aromatic N) is 1. The van der Waals surface area contributed by atoms with Crippen LogP contribution in [-0.2, 0) is 0 Å². The van der Waals surface area contributed by atoms with Gasteiger partial charge in [0.2, 0.25) is 0 Å². The Kier molecular flexibility index (Phi) is 2.85. The molecule has 0 saturated carbocycles. The minimum absolute atomic E-state index is 0.546. The first-order valence-corrected chi connectivity index (χ1v) is 4.82. The summed E-state index contributed by atoms with van der Waals surface area (Å²) >= 11 is 0. The summed E-state index contributed by atoms with van der Waals surface area (Å²) in [7, 11) is 0. The van der Waals surface area contributed by atoms with Crippen LogP contribution in [0.4, 0.5) is 0 Å². The number of pyridine rings is 1. The van der Waals surface area contributed by atoms with E-state index in [0.29, 0.717) is 13.0 Å². The largest absolute Gasteiger partial charge is 0.492 e. The molecule has 0 fully saturated rings. The van der Waals surface area contributed by atoms with Gasteiger partial charge in [-0.15, -0.1) is 12.3 Å². The summed E-state index contributed by atoms with van der Waals surface area (Å²) in [5, 5.41) is 1.03. The average Bonchev–Trinajstić information content (AvgIpc) is 2.30. The van der Waals surface area contributed by atoms with Crippen LogP contribution in [0.5, 0.6) is 5.75 Å². The molecule has 0 radical (unpaired) electrons. The van der Waals surface area contributed by atoms with Crippen molar-refractivity contribution in [3.63, 3.8) is 0 Å². The maximum absolute atomic E-state index is 5.58. The van der Waals surface area contributed by atoms with Gasteiger partial charge in [0.1, 0.15) is 5.75 Å². The van der Waals surface area contributed by atoms with Gasteiger partial charge in [0.05, 0.1) is 12.1 Å². The Morgan fingerprint density at radius 1 is 1.27 bits per heavy atom. The minimum Gasteiger partial charge on any atom is -0.492 e. The molecule has 2 nitrogen and oxygen atoms in total. The van der Waals surface area contributed by atoms with Gasteiger partial charge in [0.25, 0.3) is 0 Å². The third-order valence-corrected chi connectivity index (χ3v) is 2.11. The number of benzene rings is 1. The molecule has 0 atom stereocenters. The first kappa shape index (κ1) is 9.54. The quantitative estimate of drug-likeness (QED) is 0.557. The summed E-state index contributed by atoms with van der Waals surface area (Å²) in [6.45, 7) is 0.546. The number of ether oxygens (including phenoxy) is 1. The molecule has 0 aliphatic carbocycles. The van der Waals surface area contributed by atoms with Crippen molar-refractivity contribution in [1.82, 2.24) is 4.98 Å². The van der Waals surface area contributed by atoms with Crippen LogP contribution in [0.2, 0.25) is 0 Å². The standard InChI is InChI=1S/C13H11NO/c1-2-3-10-15-13-8-4-7-12-11(13)6-5-9-14-12/h1,4-9H,3,10H2. The molecule has 2 rings (SSSR count). The molecular formula is C13H11NO. The van der Waals surface area contributed by atoms with Crippen LogP contribution in [0.15, 0.2) is 36.5 Å². The minimum atomic E-state index is 0.546. The third-order valence-electron chi connectivity index (χ3n) is 2.11. The molecule has 0 unspecified atom stereocenters. The van der Waals surface area contributed by atoms with Crippen LogP contribution < -0.4 is 4.74 Å². The highest BCUT2D eigenvalue weighted by Crippen LogP contribution is 2.23. The number of terminal acetylenes is 1. The van der Waals surface area contributed by atoms with Crippen molar-refractivity contribution >= 4 is 10.9 Å². The van der Waals surface area contributed by atoms with Crippen LogP contribution in [0.25, 0.3) is 10.9 Å². The topological polar surface area (TPSA) is 22.1 Å². The van der Waals surface area contributed by atoms with Crippen molar-refractivity contribution in [3.05, 3.63) is 36.5 Å². The first-order chi connectivity index (χ1) is 7.42. The van der Waals surface area contributed by atoms with E-state index in [-0.39, 0.29) is 0 Å². The SMILES string of the molecule is C#CCCOc1cccc2ncccc12. The molecule has 15 heavy (non-hydrogen) atoms. The second-order valence-corrected chi connectivity index (χ2v) is 3.13. The fraction of sp³-hybridized carbons (Fsp3) is 0.154. The summed E-state index contributed by atoms with van der Waals surface area (Å²) < 4.78 is 5.58. The van der Waals surface area contributed by atoms with E-state index < -0.39 is 0 Å². The Balaban J connectivity index is 2.31. The van der Waals surface area contributed by atoms with Crippen molar-refractivity contribution in [1.29, 1.82) is 0 Å². The summed E-state index contributed by atoms with van der Waals surface area (Å²) in [4.78, 5) is 4.25. The fourth-order valence-electron chi connectivity index (χ4n) is 1.42. The molecule has 2 aromatic rings. The second-order valence-electron chi connectivity index (χ2n) is 3.13. The van der Waals surface area contributed by atoms with Crippen LogP contribution in [0, 0.1) is 12.3 Å². The van der Waals surface area contributed by atoms with Crippen LogP contribution in [0.1, 0.15) is 6.42 Å². The number of aromatic nitrogens is 1.